The molecule has 1 aromatic heterocycles. The summed E-state index contributed by atoms with van der Waals surface area (Å²) < 4.78 is 6.58. The van der Waals surface area contributed by atoms with Crippen LogP contribution in [0.3, 0.4) is 0 Å². The van der Waals surface area contributed by atoms with Gasteiger partial charge in [0.1, 0.15) is 17.5 Å². The van der Waals surface area contributed by atoms with Gasteiger partial charge in [0.15, 0.2) is 0 Å². The first-order valence-electron chi connectivity index (χ1n) is 5.44. The zero-order chi connectivity index (χ0) is 12.8. The normalized spacial score (nSPS) is 12.2. The molecule has 0 saturated carbocycles. The molecule has 0 aliphatic heterocycles. The van der Waals surface area contributed by atoms with Crippen molar-refractivity contribution in [2.24, 2.45) is 7.05 Å². The number of methoxy groups -OCH3 is 1. The molecule has 6 nitrogen and oxygen atoms in total. The molecule has 6 heteroatoms. The Morgan fingerprint density at radius 2 is 2.35 bits per heavy atom. The average Bonchev–Trinajstić information content (AvgIpc) is 2.58. The largest absolute Gasteiger partial charge is 0.394 e. The Labute approximate surface area is 101 Å². The number of anilines is 1. The van der Waals surface area contributed by atoms with Crippen LogP contribution in [0.4, 0.5) is 5.82 Å². The molecule has 0 aliphatic carbocycles. The van der Waals surface area contributed by atoms with Crippen LogP contribution >= 0.6 is 0 Å². The molecule has 0 amide bonds. The summed E-state index contributed by atoms with van der Waals surface area (Å²) in [5.74, 6) is 0.639. The fraction of sp³-hybridized carbons (Fsp3) is 0.636. The quantitative estimate of drug-likeness (QED) is 0.750. The standard InChI is InChI=1S/C11H18N4O2/c1-8-10(6-12)11(15(2)14-8)13-9(7-16)4-5-17-3/h9,13,16H,4-5,7H2,1-3H3. The van der Waals surface area contributed by atoms with Crippen LogP contribution in [0.15, 0.2) is 0 Å². The van der Waals surface area contributed by atoms with E-state index >= 15 is 0 Å². The van der Waals surface area contributed by atoms with Crippen LogP contribution in [-0.4, -0.2) is 41.3 Å². The first-order chi connectivity index (χ1) is 8.13. The zero-order valence-corrected chi connectivity index (χ0v) is 10.4. The Kier molecular flexibility index (Phi) is 4.94. The van der Waals surface area contributed by atoms with E-state index in [1.165, 1.54) is 0 Å². The minimum Gasteiger partial charge on any atom is -0.394 e. The minimum absolute atomic E-state index is 0.0154. The number of nitrogens with zero attached hydrogens (tertiary/aromatic N) is 3. The molecule has 0 bridgehead atoms. The summed E-state index contributed by atoms with van der Waals surface area (Å²) in [5.41, 5.74) is 1.20. The Bertz CT molecular complexity index is 408. The third kappa shape index (κ3) is 3.19. The van der Waals surface area contributed by atoms with Crippen LogP contribution in [0.2, 0.25) is 0 Å². The van der Waals surface area contributed by atoms with Crippen molar-refractivity contribution in [2.75, 3.05) is 25.6 Å². The van der Waals surface area contributed by atoms with Gasteiger partial charge in [-0.05, 0) is 13.3 Å². The predicted molar refractivity (Wildman–Crippen MR) is 63.6 cm³/mol. The lowest BCUT2D eigenvalue weighted by Crippen LogP contribution is -2.27. The van der Waals surface area contributed by atoms with Crippen molar-refractivity contribution >= 4 is 5.82 Å². The molecule has 0 aliphatic rings. The van der Waals surface area contributed by atoms with Gasteiger partial charge >= 0.3 is 0 Å². The molecular weight excluding hydrogens is 220 g/mol. The second-order valence-corrected chi connectivity index (χ2v) is 3.85. The smallest absolute Gasteiger partial charge is 0.142 e. The summed E-state index contributed by atoms with van der Waals surface area (Å²) in [6.45, 7) is 2.32. The van der Waals surface area contributed by atoms with Gasteiger partial charge in [-0.3, -0.25) is 4.68 Å². The van der Waals surface area contributed by atoms with Crippen LogP contribution in [0, 0.1) is 18.3 Å². The Hall–Kier alpha value is -1.58. The number of aromatic nitrogens is 2. The van der Waals surface area contributed by atoms with Gasteiger partial charge in [0.2, 0.25) is 0 Å². The number of aliphatic hydroxyl groups excluding tert-OH is 1. The first-order valence-corrected chi connectivity index (χ1v) is 5.44. The Balaban J connectivity index is 2.82. The van der Waals surface area contributed by atoms with Gasteiger partial charge in [-0.25, -0.2) is 0 Å². The van der Waals surface area contributed by atoms with Crippen LogP contribution in [-0.2, 0) is 11.8 Å². The van der Waals surface area contributed by atoms with Crippen molar-refractivity contribution in [3.8, 4) is 6.07 Å². The van der Waals surface area contributed by atoms with Crippen molar-refractivity contribution in [2.45, 2.75) is 19.4 Å². The van der Waals surface area contributed by atoms with Crippen molar-refractivity contribution in [3.05, 3.63) is 11.3 Å². The summed E-state index contributed by atoms with van der Waals surface area (Å²) in [6.07, 6.45) is 0.669. The lowest BCUT2D eigenvalue weighted by Gasteiger charge is -2.17. The highest BCUT2D eigenvalue weighted by Gasteiger charge is 2.16. The summed E-state index contributed by atoms with van der Waals surface area (Å²) in [4.78, 5) is 0. The molecule has 0 aromatic carbocycles. The maximum Gasteiger partial charge on any atom is 0.142 e. The number of ether oxygens (including phenoxy) is 1. The molecule has 17 heavy (non-hydrogen) atoms. The Morgan fingerprint density at radius 1 is 1.65 bits per heavy atom. The van der Waals surface area contributed by atoms with Crippen LogP contribution in [0.1, 0.15) is 17.7 Å². The van der Waals surface area contributed by atoms with Crippen molar-refractivity contribution in [1.82, 2.24) is 9.78 Å². The van der Waals surface area contributed by atoms with E-state index in [0.29, 0.717) is 30.1 Å². The second-order valence-electron chi connectivity index (χ2n) is 3.85. The average molecular weight is 238 g/mol. The molecule has 0 spiro atoms. The van der Waals surface area contributed by atoms with Crippen LogP contribution in [0.5, 0.6) is 0 Å². The van der Waals surface area contributed by atoms with Gasteiger partial charge in [0, 0.05) is 20.8 Å². The van der Waals surface area contributed by atoms with Gasteiger partial charge in [0.25, 0.3) is 0 Å². The molecule has 1 aromatic rings. The van der Waals surface area contributed by atoms with Gasteiger partial charge in [0.05, 0.1) is 18.3 Å². The van der Waals surface area contributed by atoms with E-state index in [-0.39, 0.29) is 12.6 Å². The number of hydrogen-bond acceptors (Lipinski definition) is 5. The van der Waals surface area contributed by atoms with E-state index in [1.807, 2.05) is 0 Å². The highest BCUT2D eigenvalue weighted by Crippen LogP contribution is 2.18. The summed E-state index contributed by atoms with van der Waals surface area (Å²) in [5, 5.41) is 25.6. The molecular formula is C11H18N4O2. The minimum atomic E-state index is -0.142. The second kappa shape index (κ2) is 6.23. The molecule has 2 N–H and O–H groups in total. The molecule has 1 unspecified atom stereocenters. The third-order valence-corrected chi connectivity index (χ3v) is 2.57. The van der Waals surface area contributed by atoms with Gasteiger partial charge in [-0.2, -0.15) is 10.4 Å². The number of aryl methyl sites for hydroxylation is 2. The molecule has 94 valence electrons. The van der Waals surface area contributed by atoms with Gasteiger partial charge in [-0.15, -0.1) is 0 Å². The zero-order valence-electron chi connectivity index (χ0n) is 10.4. The van der Waals surface area contributed by atoms with Crippen molar-refractivity contribution in [3.63, 3.8) is 0 Å². The highest BCUT2D eigenvalue weighted by atomic mass is 16.5. The van der Waals surface area contributed by atoms with E-state index in [2.05, 4.69) is 16.5 Å². The van der Waals surface area contributed by atoms with E-state index in [0.717, 1.165) is 0 Å². The lowest BCUT2D eigenvalue weighted by atomic mass is 10.2. The van der Waals surface area contributed by atoms with Crippen molar-refractivity contribution in [1.29, 1.82) is 5.26 Å². The number of nitrogens with one attached hydrogen (secondary N) is 1. The summed E-state index contributed by atoms with van der Waals surface area (Å²) in [6, 6.07) is 1.97. The van der Waals surface area contributed by atoms with Crippen molar-refractivity contribution < 1.29 is 9.84 Å². The van der Waals surface area contributed by atoms with Crippen LogP contribution < -0.4 is 5.32 Å². The highest BCUT2D eigenvalue weighted by molar-refractivity contribution is 5.55. The number of hydrogen-bond donors (Lipinski definition) is 2. The fourth-order valence-electron chi connectivity index (χ4n) is 1.62. The molecule has 0 saturated heterocycles. The Morgan fingerprint density at radius 3 is 2.88 bits per heavy atom. The molecule has 1 heterocycles. The van der Waals surface area contributed by atoms with E-state index in [9.17, 15) is 5.11 Å². The van der Waals surface area contributed by atoms with Crippen LogP contribution in [0.25, 0.3) is 0 Å². The van der Waals surface area contributed by atoms with E-state index < -0.39 is 0 Å². The molecule has 0 fully saturated rings. The summed E-state index contributed by atoms with van der Waals surface area (Å²) >= 11 is 0. The number of nitriles is 1. The number of rotatable bonds is 6. The number of aliphatic hydroxyl groups is 1. The lowest BCUT2D eigenvalue weighted by molar-refractivity contribution is 0.174. The van der Waals surface area contributed by atoms with E-state index in [1.54, 1.807) is 25.8 Å². The van der Waals surface area contributed by atoms with Gasteiger partial charge < -0.3 is 15.2 Å². The van der Waals surface area contributed by atoms with E-state index in [4.69, 9.17) is 10.00 Å². The maximum absolute atomic E-state index is 9.24. The monoisotopic (exact) mass is 238 g/mol. The first kappa shape index (κ1) is 13.5. The van der Waals surface area contributed by atoms with Gasteiger partial charge in [-0.1, -0.05) is 0 Å². The predicted octanol–water partition coefficient (Wildman–Crippen LogP) is 0.409. The third-order valence-electron chi connectivity index (χ3n) is 2.57. The molecule has 0 radical (unpaired) electrons. The topological polar surface area (TPSA) is 83.1 Å². The molecule has 1 rings (SSSR count). The summed E-state index contributed by atoms with van der Waals surface area (Å²) in [7, 11) is 3.38. The maximum atomic E-state index is 9.24. The fourth-order valence-corrected chi connectivity index (χ4v) is 1.62. The SMILES string of the molecule is COCCC(CO)Nc1c(C#N)c(C)nn1C. The molecule has 1 atom stereocenters.